The van der Waals surface area contributed by atoms with Gasteiger partial charge in [-0.3, -0.25) is 4.79 Å². The molecular formula is C14H27NO. The van der Waals surface area contributed by atoms with Crippen molar-refractivity contribution in [3.8, 4) is 0 Å². The van der Waals surface area contributed by atoms with Crippen molar-refractivity contribution in [2.75, 3.05) is 13.1 Å². The summed E-state index contributed by atoms with van der Waals surface area (Å²) in [6.45, 7) is 8.66. The van der Waals surface area contributed by atoms with Crippen LogP contribution in [0.4, 0.5) is 0 Å². The number of hydrogen-bond donors (Lipinski definition) is 1. The van der Waals surface area contributed by atoms with Crippen molar-refractivity contribution >= 4 is 5.78 Å². The molecule has 2 heteroatoms. The fraction of sp³-hybridized carbons (Fsp3) is 0.929. The van der Waals surface area contributed by atoms with E-state index in [0.29, 0.717) is 5.78 Å². The molecule has 1 aliphatic heterocycles. The Balaban J connectivity index is 2.42. The molecule has 1 fully saturated rings. The third-order valence-corrected chi connectivity index (χ3v) is 4.01. The van der Waals surface area contributed by atoms with Gasteiger partial charge in [-0.1, -0.05) is 27.2 Å². The first-order chi connectivity index (χ1) is 7.60. The van der Waals surface area contributed by atoms with Gasteiger partial charge >= 0.3 is 0 Å². The molecular weight excluding hydrogens is 198 g/mol. The molecule has 1 aliphatic rings. The molecule has 0 saturated carbocycles. The van der Waals surface area contributed by atoms with Gasteiger partial charge in [0.15, 0.2) is 0 Å². The summed E-state index contributed by atoms with van der Waals surface area (Å²) >= 11 is 0. The van der Waals surface area contributed by atoms with E-state index in [1.165, 1.54) is 6.42 Å². The van der Waals surface area contributed by atoms with E-state index in [0.717, 1.165) is 51.1 Å². The molecule has 0 bridgehead atoms. The van der Waals surface area contributed by atoms with Gasteiger partial charge in [0.05, 0.1) is 0 Å². The quantitative estimate of drug-likeness (QED) is 0.752. The van der Waals surface area contributed by atoms with E-state index in [-0.39, 0.29) is 5.41 Å². The molecule has 2 nitrogen and oxygen atoms in total. The normalized spacial score (nSPS) is 20.0. The molecule has 1 saturated heterocycles. The summed E-state index contributed by atoms with van der Waals surface area (Å²) < 4.78 is 0. The smallest absolute Gasteiger partial charge is 0.139 e. The molecule has 0 amide bonds. The predicted octanol–water partition coefficient (Wildman–Crippen LogP) is 3.16. The van der Waals surface area contributed by atoms with Crippen LogP contribution in [0.25, 0.3) is 0 Å². The summed E-state index contributed by atoms with van der Waals surface area (Å²) in [5.74, 6) is 1.25. The van der Waals surface area contributed by atoms with E-state index < -0.39 is 0 Å². The Morgan fingerprint density at radius 1 is 1.31 bits per heavy atom. The second-order valence-electron chi connectivity index (χ2n) is 5.59. The molecule has 0 spiro atoms. The highest BCUT2D eigenvalue weighted by atomic mass is 16.1. The number of Topliss-reactive ketones (excluding diaryl/α,β-unsaturated/α-hetero) is 1. The molecule has 1 heterocycles. The zero-order valence-corrected chi connectivity index (χ0v) is 11.1. The molecule has 16 heavy (non-hydrogen) atoms. The Morgan fingerprint density at radius 2 is 1.94 bits per heavy atom. The van der Waals surface area contributed by atoms with Crippen LogP contribution in [0.2, 0.25) is 0 Å². The van der Waals surface area contributed by atoms with E-state index in [1.54, 1.807) is 0 Å². The van der Waals surface area contributed by atoms with Crippen LogP contribution < -0.4 is 5.32 Å². The summed E-state index contributed by atoms with van der Waals surface area (Å²) in [7, 11) is 0. The maximum atomic E-state index is 12.3. The molecule has 0 radical (unpaired) electrons. The van der Waals surface area contributed by atoms with Crippen LogP contribution in [0.15, 0.2) is 0 Å². The number of rotatable bonds is 6. The molecule has 1 N–H and O–H groups in total. The molecule has 0 aromatic carbocycles. The largest absolute Gasteiger partial charge is 0.317 e. The van der Waals surface area contributed by atoms with Crippen molar-refractivity contribution in [3.63, 3.8) is 0 Å². The van der Waals surface area contributed by atoms with Crippen LogP contribution in [0, 0.1) is 11.3 Å². The van der Waals surface area contributed by atoms with Crippen molar-refractivity contribution in [1.82, 2.24) is 5.32 Å². The lowest BCUT2D eigenvalue weighted by molar-refractivity contribution is -0.130. The molecule has 0 unspecified atom stereocenters. The van der Waals surface area contributed by atoms with Gasteiger partial charge in [0, 0.05) is 11.8 Å². The monoisotopic (exact) mass is 225 g/mol. The number of carbonyl (C=O) groups excluding carboxylic acids is 1. The highest BCUT2D eigenvalue weighted by Gasteiger charge is 2.36. The summed E-state index contributed by atoms with van der Waals surface area (Å²) in [4.78, 5) is 12.3. The lowest BCUT2D eigenvalue weighted by Gasteiger charge is -2.35. The number of hydrogen-bond acceptors (Lipinski definition) is 2. The van der Waals surface area contributed by atoms with Crippen LogP contribution in [0.1, 0.15) is 59.3 Å². The second kappa shape index (κ2) is 6.39. The first-order valence-corrected chi connectivity index (χ1v) is 6.85. The van der Waals surface area contributed by atoms with Crippen molar-refractivity contribution in [1.29, 1.82) is 0 Å². The van der Waals surface area contributed by atoms with E-state index in [9.17, 15) is 4.79 Å². The SMILES string of the molecule is CCC1(C(=O)CCCC(C)C)CCNCC1. The summed E-state index contributed by atoms with van der Waals surface area (Å²) in [5, 5.41) is 3.35. The highest BCUT2D eigenvalue weighted by molar-refractivity contribution is 5.84. The summed E-state index contributed by atoms with van der Waals surface area (Å²) in [5.41, 5.74) is 0.0161. The van der Waals surface area contributed by atoms with Crippen molar-refractivity contribution in [2.45, 2.75) is 59.3 Å². The van der Waals surface area contributed by atoms with Crippen LogP contribution in [0.3, 0.4) is 0 Å². The molecule has 0 aromatic heterocycles. The highest BCUT2D eigenvalue weighted by Crippen LogP contribution is 2.35. The van der Waals surface area contributed by atoms with Crippen LogP contribution >= 0.6 is 0 Å². The van der Waals surface area contributed by atoms with Crippen LogP contribution in [0.5, 0.6) is 0 Å². The van der Waals surface area contributed by atoms with Crippen molar-refractivity contribution in [2.24, 2.45) is 11.3 Å². The maximum Gasteiger partial charge on any atom is 0.139 e. The van der Waals surface area contributed by atoms with Gasteiger partial charge in [-0.2, -0.15) is 0 Å². The van der Waals surface area contributed by atoms with Gasteiger partial charge in [0.25, 0.3) is 0 Å². The first-order valence-electron chi connectivity index (χ1n) is 6.85. The van der Waals surface area contributed by atoms with Gasteiger partial charge in [0.2, 0.25) is 0 Å². The first kappa shape index (κ1) is 13.7. The van der Waals surface area contributed by atoms with Crippen LogP contribution in [-0.2, 0) is 4.79 Å². The zero-order chi connectivity index (χ0) is 12.0. The summed E-state index contributed by atoms with van der Waals surface area (Å²) in [6, 6.07) is 0. The average Bonchev–Trinajstić information content (AvgIpc) is 2.29. The van der Waals surface area contributed by atoms with E-state index in [2.05, 4.69) is 26.1 Å². The topological polar surface area (TPSA) is 29.1 Å². The Morgan fingerprint density at radius 3 is 2.44 bits per heavy atom. The van der Waals surface area contributed by atoms with Crippen LogP contribution in [-0.4, -0.2) is 18.9 Å². The van der Waals surface area contributed by atoms with Gasteiger partial charge in [-0.05, 0) is 44.7 Å². The Hall–Kier alpha value is -0.370. The van der Waals surface area contributed by atoms with E-state index >= 15 is 0 Å². The Labute approximate surface area is 100 Å². The molecule has 1 rings (SSSR count). The summed E-state index contributed by atoms with van der Waals surface area (Å²) in [6.07, 6.45) is 6.17. The minimum absolute atomic E-state index is 0.0161. The Kier molecular flexibility index (Phi) is 5.47. The van der Waals surface area contributed by atoms with Crippen molar-refractivity contribution < 1.29 is 4.79 Å². The number of ketones is 1. The lowest BCUT2D eigenvalue weighted by atomic mass is 9.72. The third-order valence-electron chi connectivity index (χ3n) is 4.01. The average molecular weight is 225 g/mol. The van der Waals surface area contributed by atoms with Gasteiger partial charge in [0.1, 0.15) is 5.78 Å². The minimum atomic E-state index is 0.0161. The second-order valence-corrected chi connectivity index (χ2v) is 5.59. The fourth-order valence-corrected chi connectivity index (χ4v) is 2.67. The molecule has 94 valence electrons. The lowest BCUT2D eigenvalue weighted by Crippen LogP contribution is -2.41. The third kappa shape index (κ3) is 3.58. The standard InChI is InChI=1S/C14H27NO/c1-4-14(8-10-15-11-9-14)13(16)7-5-6-12(2)3/h12,15H,4-11H2,1-3H3. The Bertz CT molecular complexity index is 217. The molecule has 0 atom stereocenters. The van der Waals surface area contributed by atoms with Crippen molar-refractivity contribution in [3.05, 3.63) is 0 Å². The number of carbonyl (C=O) groups is 1. The zero-order valence-electron chi connectivity index (χ0n) is 11.1. The molecule has 0 aliphatic carbocycles. The fourth-order valence-electron chi connectivity index (χ4n) is 2.67. The minimum Gasteiger partial charge on any atom is -0.317 e. The maximum absolute atomic E-state index is 12.3. The van der Waals surface area contributed by atoms with Gasteiger partial charge < -0.3 is 5.32 Å². The number of piperidine rings is 1. The molecule has 0 aromatic rings. The van der Waals surface area contributed by atoms with E-state index in [1.807, 2.05) is 0 Å². The number of nitrogens with one attached hydrogen (secondary N) is 1. The van der Waals surface area contributed by atoms with Gasteiger partial charge in [-0.15, -0.1) is 0 Å². The van der Waals surface area contributed by atoms with Gasteiger partial charge in [-0.25, -0.2) is 0 Å². The van der Waals surface area contributed by atoms with E-state index in [4.69, 9.17) is 0 Å². The predicted molar refractivity (Wildman–Crippen MR) is 68.5 cm³/mol.